The molecular formula is C26H35N5O3. The molecule has 8 nitrogen and oxygen atoms in total. The van der Waals surface area contributed by atoms with Crippen LogP contribution in [0.1, 0.15) is 50.5 Å². The van der Waals surface area contributed by atoms with Crippen LogP contribution in [0.25, 0.3) is 0 Å². The van der Waals surface area contributed by atoms with E-state index in [1.807, 2.05) is 34.1 Å². The lowest BCUT2D eigenvalue weighted by Gasteiger charge is -2.43. The molecule has 1 aromatic rings. The number of hydrogen-bond donors (Lipinski definition) is 1. The number of carbonyl (C=O) groups excluding carboxylic acids is 2. The van der Waals surface area contributed by atoms with Crippen LogP contribution >= 0.6 is 0 Å². The van der Waals surface area contributed by atoms with Gasteiger partial charge in [-0.05, 0) is 69.2 Å². The molecule has 1 N–H and O–H groups in total. The highest BCUT2D eigenvalue weighted by atomic mass is 16.3. The van der Waals surface area contributed by atoms with Crippen molar-refractivity contribution in [3.63, 3.8) is 0 Å². The Bertz CT molecular complexity index is 944. The Balaban J connectivity index is 1.18. The Kier molecular flexibility index (Phi) is 6.39. The monoisotopic (exact) mass is 465 g/mol. The number of piperidine rings is 1. The van der Waals surface area contributed by atoms with E-state index < -0.39 is 5.41 Å². The van der Waals surface area contributed by atoms with Gasteiger partial charge in [-0.1, -0.05) is 0 Å². The average molecular weight is 466 g/mol. The molecule has 0 radical (unpaired) electrons. The van der Waals surface area contributed by atoms with E-state index in [9.17, 15) is 14.7 Å². The summed E-state index contributed by atoms with van der Waals surface area (Å²) in [5.74, 6) is 0.233. The van der Waals surface area contributed by atoms with E-state index in [0.717, 1.165) is 76.8 Å². The number of likely N-dealkylation sites (tertiary alicyclic amines) is 2. The van der Waals surface area contributed by atoms with Crippen molar-refractivity contribution < 1.29 is 14.7 Å². The SMILES string of the molecule is N#Cc1ccc(N2CCN(C(=O)N3CCCC4(CCN(C5CCC(O)CC5)C4=O)C3)CC2)cc1. The van der Waals surface area contributed by atoms with E-state index >= 15 is 0 Å². The van der Waals surface area contributed by atoms with Gasteiger partial charge in [-0.25, -0.2) is 4.79 Å². The van der Waals surface area contributed by atoms with Crippen LogP contribution in [0.15, 0.2) is 24.3 Å². The smallest absolute Gasteiger partial charge is 0.320 e. The minimum atomic E-state index is -0.422. The first kappa shape index (κ1) is 23.0. The van der Waals surface area contributed by atoms with Crippen LogP contribution in [-0.2, 0) is 4.79 Å². The number of nitrogens with zero attached hydrogens (tertiary/aromatic N) is 5. The molecule has 34 heavy (non-hydrogen) atoms. The molecule has 1 spiro atoms. The molecule has 182 valence electrons. The number of aliphatic hydroxyl groups is 1. The number of hydrogen-bond acceptors (Lipinski definition) is 5. The van der Waals surface area contributed by atoms with Crippen molar-refractivity contribution in [2.45, 2.75) is 57.1 Å². The second-order valence-corrected chi connectivity index (χ2v) is 10.4. The van der Waals surface area contributed by atoms with Crippen LogP contribution in [0.2, 0.25) is 0 Å². The second kappa shape index (κ2) is 9.46. The van der Waals surface area contributed by atoms with Crippen LogP contribution in [-0.4, -0.2) is 89.7 Å². The van der Waals surface area contributed by atoms with E-state index in [1.165, 1.54) is 0 Å². The normalized spacial score (nSPS) is 30.1. The number of nitriles is 1. The Labute approximate surface area is 201 Å². The summed E-state index contributed by atoms with van der Waals surface area (Å²) >= 11 is 0. The summed E-state index contributed by atoms with van der Waals surface area (Å²) in [5, 5.41) is 18.8. The zero-order chi connectivity index (χ0) is 23.7. The number of carbonyl (C=O) groups is 2. The molecule has 1 atom stereocenters. The molecule has 3 saturated heterocycles. The molecule has 0 aromatic heterocycles. The Morgan fingerprint density at radius 1 is 0.941 bits per heavy atom. The Morgan fingerprint density at radius 2 is 1.65 bits per heavy atom. The molecule has 1 aromatic carbocycles. The zero-order valence-electron chi connectivity index (χ0n) is 19.9. The lowest BCUT2D eigenvalue weighted by atomic mass is 9.78. The maximum atomic E-state index is 13.5. The van der Waals surface area contributed by atoms with Gasteiger partial charge in [-0.3, -0.25) is 4.79 Å². The molecule has 3 amide bonds. The van der Waals surface area contributed by atoms with Crippen molar-refractivity contribution >= 4 is 17.6 Å². The number of rotatable bonds is 2. The number of benzene rings is 1. The van der Waals surface area contributed by atoms with Gasteiger partial charge in [0.1, 0.15) is 0 Å². The van der Waals surface area contributed by atoms with Crippen LogP contribution < -0.4 is 4.90 Å². The van der Waals surface area contributed by atoms with Crippen molar-refractivity contribution in [1.29, 1.82) is 5.26 Å². The van der Waals surface area contributed by atoms with Gasteiger partial charge in [-0.2, -0.15) is 5.26 Å². The van der Waals surface area contributed by atoms with Crippen molar-refractivity contribution in [2.75, 3.05) is 50.7 Å². The summed E-state index contributed by atoms with van der Waals surface area (Å²) in [4.78, 5) is 35.1. The predicted molar refractivity (Wildman–Crippen MR) is 128 cm³/mol. The molecule has 0 bridgehead atoms. The lowest BCUT2D eigenvalue weighted by molar-refractivity contribution is -0.141. The highest BCUT2D eigenvalue weighted by Crippen LogP contribution is 2.42. The molecule has 3 heterocycles. The first-order valence-corrected chi connectivity index (χ1v) is 12.8. The van der Waals surface area contributed by atoms with Gasteiger partial charge in [-0.15, -0.1) is 0 Å². The van der Waals surface area contributed by atoms with E-state index in [0.29, 0.717) is 25.2 Å². The average Bonchev–Trinajstić information content (AvgIpc) is 3.19. The third kappa shape index (κ3) is 4.34. The summed E-state index contributed by atoms with van der Waals surface area (Å²) in [6.45, 7) is 4.88. The minimum Gasteiger partial charge on any atom is -0.393 e. The van der Waals surface area contributed by atoms with Crippen LogP contribution in [0, 0.1) is 16.7 Å². The molecule has 4 fully saturated rings. The second-order valence-electron chi connectivity index (χ2n) is 10.4. The van der Waals surface area contributed by atoms with Crippen molar-refractivity contribution in [3.8, 4) is 6.07 Å². The van der Waals surface area contributed by atoms with Gasteiger partial charge in [0.2, 0.25) is 5.91 Å². The summed E-state index contributed by atoms with van der Waals surface area (Å²) in [6.07, 6.45) is 5.68. The van der Waals surface area contributed by atoms with E-state index in [1.54, 1.807) is 0 Å². The summed E-state index contributed by atoms with van der Waals surface area (Å²) in [7, 11) is 0. The highest BCUT2D eigenvalue weighted by Gasteiger charge is 2.51. The molecule has 3 aliphatic heterocycles. The molecule has 1 unspecified atom stereocenters. The lowest BCUT2D eigenvalue weighted by Crippen LogP contribution is -2.57. The fourth-order valence-electron chi connectivity index (χ4n) is 6.34. The fraction of sp³-hybridized carbons (Fsp3) is 0.654. The van der Waals surface area contributed by atoms with Crippen molar-refractivity contribution in [3.05, 3.63) is 29.8 Å². The van der Waals surface area contributed by atoms with Crippen molar-refractivity contribution in [2.24, 2.45) is 5.41 Å². The van der Waals surface area contributed by atoms with Crippen LogP contribution in [0.5, 0.6) is 0 Å². The number of aliphatic hydroxyl groups excluding tert-OH is 1. The Hall–Kier alpha value is -2.79. The van der Waals surface area contributed by atoms with Gasteiger partial charge >= 0.3 is 6.03 Å². The van der Waals surface area contributed by atoms with E-state index in [2.05, 4.69) is 15.9 Å². The quantitative estimate of drug-likeness (QED) is 0.724. The molecule has 1 aliphatic carbocycles. The number of urea groups is 1. The minimum absolute atomic E-state index is 0.0607. The van der Waals surface area contributed by atoms with Crippen LogP contribution in [0.4, 0.5) is 10.5 Å². The van der Waals surface area contributed by atoms with Crippen LogP contribution in [0.3, 0.4) is 0 Å². The summed E-state index contributed by atoms with van der Waals surface area (Å²) in [6, 6.07) is 10.1. The third-order valence-electron chi connectivity index (χ3n) is 8.41. The van der Waals surface area contributed by atoms with Gasteiger partial charge < -0.3 is 24.7 Å². The first-order valence-electron chi connectivity index (χ1n) is 12.8. The number of amides is 3. The first-order chi connectivity index (χ1) is 16.5. The molecule has 1 saturated carbocycles. The standard InChI is InChI=1S/C26H35N5O3/c27-18-20-2-4-21(5-3-20)28-14-16-29(17-15-28)25(34)30-12-1-10-26(19-30)11-13-31(24(26)33)22-6-8-23(32)9-7-22/h2-5,22-23,32H,1,6-17,19H2. The topological polar surface area (TPSA) is 91.1 Å². The zero-order valence-corrected chi connectivity index (χ0v) is 19.9. The van der Waals surface area contributed by atoms with Gasteiger partial charge in [0.05, 0.1) is 23.2 Å². The summed E-state index contributed by atoms with van der Waals surface area (Å²) in [5.41, 5.74) is 1.31. The van der Waals surface area contributed by atoms with E-state index in [-0.39, 0.29) is 24.1 Å². The highest BCUT2D eigenvalue weighted by molar-refractivity contribution is 5.86. The fourth-order valence-corrected chi connectivity index (χ4v) is 6.34. The largest absolute Gasteiger partial charge is 0.393 e. The molecular weight excluding hydrogens is 430 g/mol. The van der Waals surface area contributed by atoms with E-state index in [4.69, 9.17) is 5.26 Å². The predicted octanol–water partition coefficient (Wildman–Crippen LogP) is 2.42. The molecule has 4 aliphatic rings. The molecule has 5 rings (SSSR count). The van der Waals surface area contributed by atoms with Crippen molar-refractivity contribution in [1.82, 2.24) is 14.7 Å². The number of piperazine rings is 1. The Morgan fingerprint density at radius 3 is 2.32 bits per heavy atom. The summed E-state index contributed by atoms with van der Waals surface area (Å²) < 4.78 is 0. The molecule has 8 heteroatoms. The van der Waals surface area contributed by atoms with Gasteiger partial charge in [0.15, 0.2) is 0 Å². The maximum absolute atomic E-state index is 13.5. The van der Waals surface area contributed by atoms with Gasteiger partial charge in [0, 0.05) is 57.5 Å². The maximum Gasteiger partial charge on any atom is 0.320 e. The number of anilines is 1. The van der Waals surface area contributed by atoms with Gasteiger partial charge in [0.25, 0.3) is 0 Å². The third-order valence-corrected chi connectivity index (χ3v) is 8.41.